The highest BCUT2D eigenvalue weighted by atomic mass is 19.4. The van der Waals surface area contributed by atoms with Crippen LogP contribution in [0.2, 0.25) is 0 Å². The van der Waals surface area contributed by atoms with Crippen LogP contribution >= 0.6 is 0 Å². The maximum Gasteiger partial charge on any atom is 0.418 e. The van der Waals surface area contributed by atoms with Crippen molar-refractivity contribution in [2.75, 3.05) is 25.0 Å². The van der Waals surface area contributed by atoms with E-state index in [1.54, 1.807) is 11.8 Å². The molecule has 1 atom stereocenters. The average molecular weight is 407 g/mol. The van der Waals surface area contributed by atoms with E-state index in [2.05, 4.69) is 10.6 Å². The largest absolute Gasteiger partial charge is 0.418 e. The second kappa shape index (κ2) is 10.1. The molecule has 0 saturated carbocycles. The van der Waals surface area contributed by atoms with Crippen molar-refractivity contribution in [1.29, 1.82) is 0 Å². The lowest BCUT2D eigenvalue weighted by Crippen LogP contribution is -2.41. The summed E-state index contributed by atoms with van der Waals surface area (Å²) in [6, 6.07) is 14.0. The third-order valence-corrected chi connectivity index (χ3v) is 4.37. The van der Waals surface area contributed by atoms with Crippen LogP contribution in [-0.4, -0.2) is 36.3 Å². The Hall–Kier alpha value is -2.87. The van der Waals surface area contributed by atoms with Gasteiger partial charge >= 0.3 is 6.18 Å². The third-order valence-electron chi connectivity index (χ3n) is 4.37. The minimum atomic E-state index is -4.57. The number of hydrogen-bond acceptors (Lipinski definition) is 3. The molecule has 2 aromatic rings. The summed E-state index contributed by atoms with van der Waals surface area (Å²) in [5.41, 5.74) is -0.264. The van der Waals surface area contributed by atoms with Crippen molar-refractivity contribution < 1.29 is 22.8 Å². The van der Waals surface area contributed by atoms with E-state index >= 15 is 0 Å². The van der Waals surface area contributed by atoms with Gasteiger partial charge in [0.2, 0.25) is 11.8 Å². The highest BCUT2D eigenvalue weighted by Crippen LogP contribution is 2.34. The molecule has 29 heavy (non-hydrogen) atoms. The van der Waals surface area contributed by atoms with Crippen LogP contribution < -0.4 is 10.6 Å². The number of para-hydroxylation sites is 1. The molecule has 0 aliphatic carbocycles. The molecule has 0 aliphatic rings. The van der Waals surface area contributed by atoms with Gasteiger partial charge in [-0.3, -0.25) is 14.5 Å². The Morgan fingerprint density at radius 1 is 0.966 bits per heavy atom. The van der Waals surface area contributed by atoms with E-state index in [4.69, 9.17) is 0 Å². The Bertz CT molecular complexity index is 825. The highest BCUT2D eigenvalue weighted by molar-refractivity contribution is 5.93. The molecule has 0 aromatic heterocycles. The van der Waals surface area contributed by atoms with Crippen LogP contribution in [0.4, 0.5) is 18.9 Å². The summed E-state index contributed by atoms with van der Waals surface area (Å²) < 4.78 is 39.1. The summed E-state index contributed by atoms with van der Waals surface area (Å²) in [6.45, 7) is 3.77. The average Bonchev–Trinajstić information content (AvgIpc) is 2.67. The lowest BCUT2D eigenvalue weighted by Gasteiger charge is -2.22. The number of hydrogen-bond donors (Lipinski definition) is 2. The number of nitrogens with one attached hydrogen (secondary N) is 2. The zero-order chi connectivity index (χ0) is 21.4. The van der Waals surface area contributed by atoms with Crippen LogP contribution in [0.15, 0.2) is 54.6 Å². The monoisotopic (exact) mass is 407 g/mol. The SMILES string of the molecule is CCN(CC(=O)Nc1ccccc1C(F)(F)F)CC(=O)NC(C)c1ccccc1. The molecule has 1 unspecified atom stereocenters. The first kappa shape index (κ1) is 22.4. The zero-order valence-electron chi connectivity index (χ0n) is 16.3. The smallest absolute Gasteiger partial charge is 0.348 e. The van der Waals surface area contributed by atoms with Crippen molar-refractivity contribution in [1.82, 2.24) is 10.2 Å². The van der Waals surface area contributed by atoms with Crippen molar-refractivity contribution in [2.24, 2.45) is 0 Å². The molecule has 156 valence electrons. The van der Waals surface area contributed by atoms with Crippen LogP contribution in [-0.2, 0) is 15.8 Å². The van der Waals surface area contributed by atoms with E-state index in [9.17, 15) is 22.8 Å². The predicted octanol–water partition coefficient (Wildman–Crippen LogP) is 3.84. The van der Waals surface area contributed by atoms with E-state index < -0.39 is 17.6 Å². The van der Waals surface area contributed by atoms with E-state index in [-0.39, 0.29) is 30.7 Å². The van der Waals surface area contributed by atoms with Crippen molar-refractivity contribution in [3.63, 3.8) is 0 Å². The Labute approximate surface area is 167 Å². The van der Waals surface area contributed by atoms with Crippen molar-refractivity contribution in [3.8, 4) is 0 Å². The molecule has 5 nitrogen and oxygen atoms in total. The van der Waals surface area contributed by atoms with Gasteiger partial charge in [-0.05, 0) is 31.2 Å². The molecule has 0 saturated heterocycles. The standard InChI is InChI=1S/C21H24F3N3O2/c1-3-27(13-19(28)25-15(2)16-9-5-4-6-10-16)14-20(29)26-18-12-8-7-11-17(18)21(22,23)24/h4-12,15H,3,13-14H2,1-2H3,(H,25,28)(H,26,29). The molecule has 0 fully saturated rings. The van der Waals surface area contributed by atoms with Crippen LogP contribution in [0.1, 0.15) is 31.0 Å². The van der Waals surface area contributed by atoms with Gasteiger partial charge in [0.15, 0.2) is 0 Å². The third kappa shape index (κ3) is 6.90. The first-order valence-electron chi connectivity index (χ1n) is 9.23. The maximum absolute atomic E-state index is 13.0. The van der Waals surface area contributed by atoms with Crippen molar-refractivity contribution >= 4 is 17.5 Å². The molecule has 0 aliphatic heterocycles. The molecule has 2 rings (SSSR count). The first-order valence-corrected chi connectivity index (χ1v) is 9.23. The van der Waals surface area contributed by atoms with Gasteiger partial charge in [-0.2, -0.15) is 13.2 Å². The first-order chi connectivity index (χ1) is 13.7. The molecule has 0 radical (unpaired) electrons. The lowest BCUT2D eigenvalue weighted by atomic mass is 10.1. The van der Waals surface area contributed by atoms with E-state index in [0.29, 0.717) is 6.54 Å². The van der Waals surface area contributed by atoms with Crippen LogP contribution in [0.3, 0.4) is 0 Å². The Balaban J connectivity index is 1.93. The molecule has 2 aromatic carbocycles. The predicted molar refractivity (Wildman–Crippen MR) is 105 cm³/mol. The van der Waals surface area contributed by atoms with Crippen molar-refractivity contribution in [3.05, 3.63) is 65.7 Å². The van der Waals surface area contributed by atoms with Gasteiger partial charge in [0.25, 0.3) is 0 Å². The summed E-state index contributed by atoms with van der Waals surface area (Å²) in [5, 5.41) is 5.14. The number of amides is 2. The topological polar surface area (TPSA) is 61.4 Å². The molecule has 2 amide bonds. The molecule has 0 bridgehead atoms. The molecule has 2 N–H and O–H groups in total. The molecular weight excluding hydrogens is 383 g/mol. The minimum absolute atomic E-state index is 0.0397. The normalized spacial score (nSPS) is 12.5. The molecule has 0 spiro atoms. The number of likely N-dealkylation sites (N-methyl/N-ethyl adjacent to an activating group) is 1. The summed E-state index contributed by atoms with van der Waals surface area (Å²) in [4.78, 5) is 26.1. The fourth-order valence-corrected chi connectivity index (χ4v) is 2.83. The number of nitrogens with zero attached hydrogens (tertiary/aromatic N) is 1. The Kier molecular flexibility index (Phi) is 7.78. The van der Waals surface area contributed by atoms with E-state index in [0.717, 1.165) is 11.6 Å². The second-order valence-corrected chi connectivity index (χ2v) is 6.59. The van der Waals surface area contributed by atoms with Gasteiger partial charge in [0.05, 0.1) is 30.4 Å². The fraction of sp³-hybridized carbons (Fsp3) is 0.333. The maximum atomic E-state index is 13.0. The lowest BCUT2D eigenvalue weighted by molar-refractivity contribution is -0.137. The van der Waals surface area contributed by atoms with Gasteiger partial charge in [0, 0.05) is 0 Å². The molecule has 0 heterocycles. The van der Waals surface area contributed by atoms with E-state index in [1.165, 1.54) is 18.2 Å². The van der Waals surface area contributed by atoms with Gasteiger partial charge in [-0.15, -0.1) is 0 Å². The molecular formula is C21H24F3N3O2. The van der Waals surface area contributed by atoms with Crippen LogP contribution in [0.5, 0.6) is 0 Å². The fourth-order valence-electron chi connectivity index (χ4n) is 2.83. The minimum Gasteiger partial charge on any atom is -0.348 e. The van der Waals surface area contributed by atoms with Gasteiger partial charge < -0.3 is 10.6 Å². The second-order valence-electron chi connectivity index (χ2n) is 6.59. The number of rotatable bonds is 8. The summed E-state index contributed by atoms with van der Waals surface area (Å²) in [7, 11) is 0. The Morgan fingerprint density at radius 2 is 1.55 bits per heavy atom. The van der Waals surface area contributed by atoms with Gasteiger partial charge in [-0.25, -0.2) is 0 Å². The van der Waals surface area contributed by atoms with Crippen LogP contribution in [0, 0.1) is 0 Å². The van der Waals surface area contributed by atoms with Crippen LogP contribution in [0.25, 0.3) is 0 Å². The number of benzene rings is 2. The number of carbonyl (C=O) groups excluding carboxylic acids is 2. The number of anilines is 1. The summed E-state index contributed by atoms with van der Waals surface area (Å²) in [6.07, 6.45) is -4.57. The van der Waals surface area contributed by atoms with E-state index in [1.807, 2.05) is 37.3 Å². The highest BCUT2D eigenvalue weighted by Gasteiger charge is 2.33. The number of alkyl halides is 3. The number of halogens is 3. The molecule has 8 heteroatoms. The number of carbonyl (C=O) groups is 2. The zero-order valence-corrected chi connectivity index (χ0v) is 16.3. The van der Waals surface area contributed by atoms with Gasteiger partial charge in [0.1, 0.15) is 0 Å². The summed E-state index contributed by atoms with van der Waals surface area (Å²) >= 11 is 0. The van der Waals surface area contributed by atoms with Crippen molar-refractivity contribution in [2.45, 2.75) is 26.1 Å². The van der Waals surface area contributed by atoms with Gasteiger partial charge in [-0.1, -0.05) is 49.4 Å². The Morgan fingerprint density at radius 3 is 2.17 bits per heavy atom. The summed E-state index contributed by atoms with van der Waals surface area (Å²) in [5.74, 6) is -0.890. The quantitative estimate of drug-likeness (QED) is 0.699.